The minimum atomic E-state index is -5.09. The number of ketones is 1. The second kappa shape index (κ2) is 5.28. The van der Waals surface area contributed by atoms with Crippen LogP contribution in [0.2, 0.25) is 0 Å². The Hall–Kier alpha value is -2.44. The molecule has 0 radical (unpaired) electrons. The zero-order valence-electron chi connectivity index (χ0n) is 9.82. The summed E-state index contributed by atoms with van der Waals surface area (Å²) >= 11 is 0. The highest BCUT2D eigenvalue weighted by Gasteiger charge is 2.34. The first-order chi connectivity index (χ1) is 9.38. The molecular formula is C13H7F4NO2. The van der Waals surface area contributed by atoms with E-state index in [9.17, 15) is 22.4 Å². The first-order valence-corrected chi connectivity index (χ1v) is 5.37. The van der Waals surface area contributed by atoms with Gasteiger partial charge in [0.2, 0.25) is 0 Å². The van der Waals surface area contributed by atoms with Crippen molar-refractivity contribution in [3.05, 3.63) is 59.7 Å². The number of ether oxygens (including phenoxy) is 1. The maximum atomic E-state index is 13.5. The third-order valence-corrected chi connectivity index (χ3v) is 2.35. The first-order valence-electron chi connectivity index (χ1n) is 5.37. The number of nitrogens with zero attached hydrogens (tertiary/aromatic N) is 1. The lowest BCUT2D eigenvalue weighted by Crippen LogP contribution is -2.20. The van der Waals surface area contributed by atoms with E-state index in [4.69, 9.17) is 0 Å². The molecule has 0 spiro atoms. The van der Waals surface area contributed by atoms with E-state index in [2.05, 4.69) is 9.72 Å². The first kappa shape index (κ1) is 14.0. The molecule has 20 heavy (non-hydrogen) atoms. The predicted octanol–water partition coefficient (Wildman–Crippen LogP) is 3.35. The normalized spacial score (nSPS) is 11.2. The number of aromatic nitrogens is 1. The number of halogens is 4. The van der Waals surface area contributed by atoms with E-state index in [1.165, 1.54) is 24.5 Å². The molecule has 1 aromatic carbocycles. The number of para-hydroxylation sites is 1. The lowest BCUT2D eigenvalue weighted by Gasteiger charge is -2.13. The highest BCUT2D eigenvalue weighted by molar-refractivity contribution is 6.10. The fourth-order valence-electron chi connectivity index (χ4n) is 1.56. The summed E-state index contributed by atoms with van der Waals surface area (Å²) < 4.78 is 53.8. The van der Waals surface area contributed by atoms with Gasteiger partial charge in [-0.2, -0.15) is 0 Å². The zero-order valence-corrected chi connectivity index (χ0v) is 9.82. The van der Waals surface area contributed by atoms with E-state index in [0.29, 0.717) is 0 Å². The van der Waals surface area contributed by atoms with Crippen LogP contribution in [0.15, 0.2) is 42.7 Å². The highest BCUT2D eigenvalue weighted by atomic mass is 19.4. The Bertz CT molecular complexity index is 626. The van der Waals surface area contributed by atoms with Crippen molar-refractivity contribution in [3.8, 4) is 5.75 Å². The Morgan fingerprint density at radius 1 is 1.15 bits per heavy atom. The van der Waals surface area contributed by atoms with Crippen molar-refractivity contribution in [1.82, 2.24) is 4.98 Å². The van der Waals surface area contributed by atoms with Gasteiger partial charge in [-0.3, -0.25) is 9.78 Å². The predicted molar refractivity (Wildman–Crippen MR) is 60.8 cm³/mol. The number of carbonyl (C=O) groups excluding carboxylic acids is 1. The van der Waals surface area contributed by atoms with Gasteiger partial charge >= 0.3 is 6.36 Å². The van der Waals surface area contributed by atoms with Crippen LogP contribution in [0.5, 0.6) is 5.75 Å². The van der Waals surface area contributed by atoms with Gasteiger partial charge in [-0.25, -0.2) is 4.39 Å². The Morgan fingerprint density at radius 3 is 2.50 bits per heavy atom. The summed E-state index contributed by atoms with van der Waals surface area (Å²) in [5, 5.41) is 0. The van der Waals surface area contributed by atoms with Gasteiger partial charge in [0, 0.05) is 18.0 Å². The molecule has 104 valence electrons. The Labute approximate surface area is 110 Å². The average molecular weight is 285 g/mol. The van der Waals surface area contributed by atoms with Gasteiger partial charge in [0.25, 0.3) is 0 Å². The number of alkyl halides is 3. The fraction of sp³-hybridized carbons (Fsp3) is 0.0769. The lowest BCUT2D eigenvalue weighted by atomic mass is 10.0. The molecule has 1 aromatic heterocycles. The molecule has 0 aliphatic rings. The van der Waals surface area contributed by atoms with E-state index < -0.39 is 29.3 Å². The number of rotatable bonds is 3. The number of pyridine rings is 1. The van der Waals surface area contributed by atoms with Gasteiger partial charge in [-0.05, 0) is 24.3 Å². The maximum Gasteiger partial charge on any atom is 0.573 e. The molecule has 0 aliphatic carbocycles. The smallest absolute Gasteiger partial charge is 0.402 e. The van der Waals surface area contributed by atoms with E-state index in [0.717, 1.165) is 18.2 Å². The molecule has 0 amide bonds. The van der Waals surface area contributed by atoms with E-state index in [1.807, 2.05) is 0 Å². The van der Waals surface area contributed by atoms with Gasteiger partial charge in [0.1, 0.15) is 0 Å². The van der Waals surface area contributed by atoms with Crippen molar-refractivity contribution in [2.45, 2.75) is 6.36 Å². The largest absolute Gasteiger partial charge is 0.573 e. The minimum Gasteiger partial charge on any atom is -0.402 e. The molecule has 0 aliphatic heterocycles. The zero-order chi connectivity index (χ0) is 14.8. The molecular weight excluding hydrogens is 278 g/mol. The standard InChI is InChI=1S/C13H7F4NO2/c14-10-5-1-4-9(12(10)20-13(15,16)17)11(19)8-3-2-6-18-7-8/h1-7H. The number of carbonyl (C=O) groups is 1. The molecule has 3 nitrogen and oxygen atoms in total. The average Bonchev–Trinajstić information content (AvgIpc) is 2.40. The van der Waals surface area contributed by atoms with Crippen molar-refractivity contribution < 1.29 is 27.1 Å². The molecule has 0 unspecified atom stereocenters. The van der Waals surface area contributed by atoms with Crippen LogP contribution < -0.4 is 4.74 Å². The Kier molecular flexibility index (Phi) is 3.69. The second-order valence-electron chi connectivity index (χ2n) is 3.74. The van der Waals surface area contributed by atoms with Gasteiger partial charge < -0.3 is 4.74 Å². The van der Waals surface area contributed by atoms with Crippen LogP contribution in [-0.2, 0) is 0 Å². The summed E-state index contributed by atoms with van der Waals surface area (Å²) in [7, 11) is 0. The summed E-state index contributed by atoms with van der Waals surface area (Å²) in [6, 6.07) is 5.76. The number of hydrogen-bond donors (Lipinski definition) is 0. The minimum absolute atomic E-state index is 0.0325. The third-order valence-electron chi connectivity index (χ3n) is 2.35. The van der Waals surface area contributed by atoms with E-state index in [1.54, 1.807) is 0 Å². The van der Waals surface area contributed by atoms with Crippen LogP contribution in [0.3, 0.4) is 0 Å². The Morgan fingerprint density at radius 2 is 1.90 bits per heavy atom. The van der Waals surface area contributed by atoms with Crippen LogP contribution >= 0.6 is 0 Å². The van der Waals surface area contributed by atoms with Crippen molar-refractivity contribution in [3.63, 3.8) is 0 Å². The van der Waals surface area contributed by atoms with Crippen LogP contribution in [-0.4, -0.2) is 17.1 Å². The summed E-state index contributed by atoms with van der Waals surface area (Å²) in [5.41, 5.74) is -0.486. The summed E-state index contributed by atoms with van der Waals surface area (Å²) in [4.78, 5) is 15.7. The quantitative estimate of drug-likeness (QED) is 0.641. The molecule has 0 saturated heterocycles. The molecule has 0 N–H and O–H groups in total. The molecule has 0 saturated carbocycles. The van der Waals surface area contributed by atoms with Crippen LogP contribution in [0.1, 0.15) is 15.9 Å². The van der Waals surface area contributed by atoms with Gasteiger partial charge in [0.05, 0.1) is 5.56 Å². The van der Waals surface area contributed by atoms with Crippen molar-refractivity contribution in [2.75, 3.05) is 0 Å². The topological polar surface area (TPSA) is 39.2 Å². The molecule has 2 aromatic rings. The molecule has 7 heteroatoms. The van der Waals surface area contributed by atoms with Crippen molar-refractivity contribution >= 4 is 5.78 Å². The Balaban J connectivity index is 2.47. The van der Waals surface area contributed by atoms with E-state index >= 15 is 0 Å². The molecule has 0 atom stereocenters. The van der Waals surface area contributed by atoms with Gasteiger partial charge in [-0.15, -0.1) is 13.2 Å². The van der Waals surface area contributed by atoms with Crippen molar-refractivity contribution in [2.24, 2.45) is 0 Å². The van der Waals surface area contributed by atoms with Crippen LogP contribution in [0, 0.1) is 5.82 Å². The monoisotopic (exact) mass is 285 g/mol. The highest BCUT2D eigenvalue weighted by Crippen LogP contribution is 2.30. The SMILES string of the molecule is O=C(c1cccnc1)c1cccc(F)c1OC(F)(F)F. The number of hydrogen-bond acceptors (Lipinski definition) is 3. The van der Waals surface area contributed by atoms with Gasteiger partial charge in [-0.1, -0.05) is 6.07 Å². The number of benzene rings is 1. The maximum absolute atomic E-state index is 13.5. The van der Waals surface area contributed by atoms with Crippen LogP contribution in [0.25, 0.3) is 0 Å². The summed E-state index contributed by atoms with van der Waals surface area (Å²) in [6.45, 7) is 0. The van der Waals surface area contributed by atoms with Crippen molar-refractivity contribution in [1.29, 1.82) is 0 Å². The molecule has 2 rings (SSSR count). The molecule has 1 heterocycles. The summed E-state index contributed by atoms with van der Waals surface area (Å²) in [5.74, 6) is -3.22. The lowest BCUT2D eigenvalue weighted by molar-refractivity contribution is -0.275. The third kappa shape index (κ3) is 3.11. The fourth-order valence-corrected chi connectivity index (χ4v) is 1.56. The molecule has 0 bridgehead atoms. The second-order valence-corrected chi connectivity index (χ2v) is 3.74. The molecule has 0 fully saturated rings. The van der Waals surface area contributed by atoms with Gasteiger partial charge in [0.15, 0.2) is 17.3 Å². The van der Waals surface area contributed by atoms with E-state index in [-0.39, 0.29) is 5.56 Å². The van der Waals surface area contributed by atoms with Crippen LogP contribution in [0.4, 0.5) is 17.6 Å². The summed E-state index contributed by atoms with van der Waals surface area (Å²) in [6.07, 6.45) is -2.52.